The van der Waals surface area contributed by atoms with Crippen molar-refractivity contribution in [1.82, 2.24) is 4.90 Å². The standard InChI is InChI=1S/C10H18N4O4/c11-9-13-6(5-14(9)10(12)18)4-7(15)2-1-3-8(16)17/h6-7,15H,1-5H2,(H2,11,13)(H2,12,18)(H,16,17)/t6-,7-/m1/s1. The fraction of sp³-hybridized carbons (Fsp3) is 0.700. The molecule has 0 aromatic rings. The molecule has 2 atom stereocenters. The first kappa shape index (κ1) is 14.2. The number of urea groups is 1. The Balaban J connectivity index is 2.32. The summed E-state index contributed by atoms with van der Waals surface area (Å²) in [5, 5.41) is 18.2. The first-order chi connectivity index (χ1) is 8.40. The van der Waals surface area contributed by atoms with Gasteiger partial charge in [0.25, 0.3) is 0 Å². The number of guanidine groups is 1. The summed E-state index contributed by atoms with van der Waals surface area (Å²) in [5.41, 5.74) is 10.6. The molecule has 0 unspecified atom stereocenters. The fourth-order valence-electron chi connectivity index (χ4n) is 1.85. The number of amides is 2. The van der Waals surface area contributed by atoms with E-state index < -0.39 is 18.1 Å². The van der Waals surface area contributed by atoms with Crippen LogP contribution >= 0.6 is 0 Å². The molecule has 8 nitrogen and oxygen atoms in total. The molecule has 8 heteroatoms. The summed E-state index contributed by atoms with van der Waals surface area (Å²) in [7, 11) is 0. The van der Waals surface area contributed by atoms with Crippen LogP contribution in [0.25, 0.3) is 0 Å². The lowest BCUT2D eigenvalue weighted by atomic mass is 10.0. The van der Waals surface area contributed by atoms with Gasteiger partial charge in [0.15, 0.2) is 5.96 Å². The van der Waals surface area contributed by atoms with Gasteiger partial charge in [-0.3, -0.25) is 9.69 Å². The zero-order valence-electron chi connectivity index (χ0n) is 9.95. The van der Waals surface area contributed by atoms with Gasteiger partial charge in [-0.1, -0.05) is 0 Å². The second-order valence-electron chi connectivity index (χ2n) is 4.27. The molecule has 0 saturated carbocycles. The molecule has 1 aliphatic rings. The van der Waals surface area contributed by atoms with Gasteiger partial charge in [0.05, 0.1) is 18.7 Å². The Labute approximate surface area is 104 Å². The Morgan fingerprint density at radius 3 is 2.72 bits per heavy atom. The fourth-order valence-corrected chi connectivity index (χ4v) is 1.85. The number of carbonyl (C=O) groups is 2. The zero-order valence-corrected chi connectivity index (χ0v) is 9.95. The quantitative estimate of drug-likeness (QED) is 0.486. The number of carbonyl (C=O) groups excluding carboxylic acids is 1. The third-order valence-electron chi connectivity index (χ3n) is 2.72. The maximum Gasteiger partial charge on any atom is 0.321 e. The van der Waals surface area contributed by atoms with E-state index in [1.54, 1.807) is 0 Å². The van der Waals surface area contributed by atoms with E-state index in [0.29, 0.717) is 19.3 Å². The number of nitrogens with two attached hydrogens (primary N) is 2. The summed E-state index contributed by atoms with van der Waals surface area (Å²) in [5.74, 6) is -0.824. The first-order valence-corrected chi connectivity index (χ1v) is 5.70. The highest BCUT2D eigenvalue weighted by Crippen LogP contribution is 2.15. The number of rotatable bonds is 6. The van der Waals surface area contributed by atoms with Crippen LogP contribution in [0.5, 0.6) is 0 Å². The highest BCUT2D eigenvalue weighted by atomic mass is 16.4. The Bertz CT molecular complexity index is 358. The van der Waals surface area contributed by atoms with Crippen LogP contribution < -0.4 is 11.5 Å². The smallest absolute Gasteiger partial charge is 0.321 e. The lowest BCUT2D eigenvalue weighted by Gasteiger charge is -2.15. The molecule has 1 heterocycles. The molecule has 0 spiro atoms. The van der Waals surface area contributed by atoms with E-state index in [9.17, 15) is 14.7 Å². The number of hydrogen-bond donors (Lipinski definition) is 4. The average Bonchev–Trinajstić information content (AvgIpc) is 2.58. The van der Waals surface area contributed by atoms with E-state index in [-0.39, 0.29) is 25.0 Å². The molecule has 0 aliphatic carbocycles. The predicted octanol–water partition coefficient (Wildman–Crippen LogP) is -0.930. The minimum Gasteiger partial charge on any atom is -0.481 e. The van der Waals surface area contributed by atoms with Crippen molar-refractivity contribution >= 4 is 18.0 Å². The van der Waals surface area contributed by atoms with Crippen molar-refractivity contribution in [3.8, 4) is 0 Å². The van der Waals surface area contributed by atoms with Gasteiger partial charge in [-0.25, -0.2) is 9.79 Å². The molecule has 18 heavy (non-hydrogen) atoms. The molecule has 1 aliphatic heterocycles. The molecule has 102 valence electrons. The minimum absolute atomic E-state index is 0.0283. The van der Waals surface area contributed by atoms with Crippen molar-refractivity contribution in [1.29, 1.82) is 0 Å². The number of nitrogens with zero attached hydrogens (tertiary/aromatic N) is 2. The van der Waals surface area contributed by atoms with E-state index >= 15 is 0 Å². The summed E-state index contributed by atoms with van der Waals surface area (Å²) < 4.78 is 0. The molecular weight excluding hydrogens is 240 g/mol. The number of aliphatic hydroxyl groups excluding tert-OH is 1. The van der Waals surface area contributed by atoms with Crippen molar-refractivity contribution in [2.45, 2.75) is 37.8 Å². The highest BCUT2D eigenvalue weighted by molar-refractivity contribution is 5.96. The number of aliphatic carboxylic acids is 1. The van der Waals surface area contributed by atoms with Gasteiger partial charge < -0.3 is 21.7 Å². The lowest BCUT2D eigenvalue weighted by molar-refractivity contribution is -0.137. The van der Waals surface area contributed by atoms with Crippen molar-refractivity contribution < 1.29 is 19.8 Å². The summed E-state index contributed by atoms with van der Waals surface area (Å²) >= 11 is 0. The lowest BCUT2D eigenvalue weighted by Crippen LogP contribution is -2.43. The number of carboxylic acids is 1. The Morgan fingerprint density at radius 1 is 1.56 bits per heavy atom. The van der Waals surface area contributed by atoms with Crippen LogP contribution in [0.4, 0.5) is 4.79 Å². The summed E-state index contributed by atoms with van der Waals surface area (Å²) in [6.07, 6.45) is 0.500. The second kappa shape index (κ2) is 6.20. The van der Waals surface area contributed by atoms with E-state index in [0.717, 1.165) is 4.90 Å². The third kappa shape index (κ3) is 4.21. The topological polar surface area (TPSA) is 142 Å². The van der Waals surface area contributed by atoms with Crippen LogP contribution in [0, 0.1) is 0 Å². The van der Waals surface area contributed by atoms with Gasteiger partial charge in [-0.05, 0) is 19.3 Å². The minimum atomic E-state index is -0.884. The van der Waals surface area contributed by atoms with Crippen LogP contribution in [0.15, 0.2) is 4.99 Å². The van der Waals surface area contributed by atoms with Gasteiger partial charge in [0, 0.05) is 6.42 Å². The maximum atomic E-state index is 10.9. The van der Waals surface area contributed by atoms with Crippen molar-refractivity contribution in [3.63, 3.8) is 0 Å². The number of hydrogen-bond acceptors (Lipinski definition) is 5. The third-order valence-corrected chi connectivity index (χ3v) is 2.72. The van der Waals surface area contributed by atoms with Crippen LogP contribution in [-0.2, 0) is 4.79 Å². The monoisotopic (exact) mass is 258 g/mol. The van der Waals surface area contributed by atoms with Crippen molar-refractivity contribution in [2.24, 2.45) is 16.5 Å². The molecule has 0 bridgehead atoms. The number of aliphatic imine (C=N–C) groups is 1. The second-order valence-corrected chi connectivity index (χ2v) is 4.27. The van der Waals surface area contributed by atoms with Crippen molar-refractivity contribution in [3.05, 3.63) is 0 Å². The largest absolute Gasteiger partial charge is 0.481 e. The predicted molar refractivity (Wildman–Crippen MR) is 63.8 cm³/mol. The highest BCUT2D eigenvalue weighted by Gasteiger charge is 2.28. The van der Waals surface area contributed by atoms with Crippen LogP contribution in [0.2, 0.25) is 0 Å². The molecule has 0 fully saturated rings. The van der Waals surface area contributed by atoms with E-state index in [4.69, 9.17) is 16.6 Å². The molecule has 0 aromatic heterocycles. The maximum absolute atomic E-state index is 10.9. The van der Waals surface area contributed by atoms with Crippen LogP contribution in [-0.4, -0.2) is 51.8 Å². The van der Waals surface area contributed by atoms with E-state index in [1.807, 2.05) is 0 Å². The molecule has 0 saturated heterocycles. The normalized spacial score (nSPS) is 20.6. The van der Waals surface area contributed by atoms with Crippen molar-refractivity contribution in [2.75, 3.05) is 6.54 Å². The average molecular weight is 258 g/mol. The summed E-state index contributed by atoms with van der Waals surface area (Å²) in [6, 6.07) is -0.948. The zero-order chi connectivity index (χ0) is 13.7. The van der Waals surface area contributed by atoms with Gasteiger partial charge >= 0.3 is 12.0 Å². The molecular formula is C10H18N4O4. The first-order valence-electron chi connectivity index (χ1n) is 5.70. The van der Waals surface area contributed by atoms with Gasteiger partial charge in [0.1, 0.15) is 0 Å². The Kier molecular flexibility index (Phi) is 4.90. The Morgan fingerprint density at radius 2 is 2.22 bits per heavy atom. The van der Waals surface area contributed by atoms with E-state index in [2.05, 4.69) is 4.99 Å². The van der Waals surface area contributed by atoms with E-state index in [1.165, 1.54) is 0 Å². The van der Waals surface area contributed by atoms with Crippen LogP contribution in [0.1, 0.15) is 25.7 Å². The summed E-state index contributed by atoms with van der Waals surface area (Å²) in [6.45, 7) is 0.261. The summed E-state index contributed by atoms with van der Waals surface area (Å²) in [4.78, 5) is 26.4. The van der Waals surface area contributed by atoms with Crippen LogP contribution in [0.3, 0.4) is 0 Å². The Hall–Kier alpha value is -1.83. The molecule has 2 amide bonds. The molecule has 1 rings (SSSR count). The van der Waals surface area contributed by atoms with Gasteiger partial charge in [0.2, 0.25) is 0 Å². The van der Waals surface area contributed by atoms with Gasteiger partial charge in [-0.15, -0.1) is 0 Å². The molecule has 0 radical (unpaired) electrons. The molecule has 0 aromatic carbocycles. The number of aliphatic hydroxyl groups is 1. The number of carboxylic acid groups (broad SMARTS) is 1. The molecule has 6 N–H and O–H groups in total. The van der Waals surface area contributed by atoms with Gasteiger partial charge in [-0.2, -0.15) is 0 Å². The number of primary amides is 1. The SMILES string of the molecule is NC(=O)N1C[C@@H](C[C@H](O)CCCC(=O)O)N=C1N.